The van der Waals surface area contributed by atoms with Crippen LogP contribution in [-0.2, 0) is 0 Å². The van der Waals surface area contributed by atoms with Crippen LogP contribution in [0.15, 0.2) is 28.7 Å². The van der Waals surface area contributed by atoms with E-state index < -0.39 is 0 Å². The second kappa shape index (κ2) is 7.05. The zero-order valence-corrected chi connectivity index (χ0v) is 11.4. The molecule has 0 radical (unpaired) electrons. The summed E-state index contributed by atoms with van der Waals surface area (Å²) in [5.41, 5.74) is 13.3. The normalized spacial score (nSPS) is 14.8. The molecule has 2 atom stereocenters. The van der Waals surface area contributed by atoms with Crippen LogP contribution in [0.3, 0.4) is 0 Å². The lowest BCUT2D eigenvalue weighted by Gasteiger charge is -2.23. The summed E-state index contributed by atoms with van der Waals surface area (Å²) in [7, 11) is 0. The first-order valence-corrected chi connectivity index (χ1v) is 6.69. The minimum absolute atomic E-state index is 0.166. The Labute approximate surface area is 107 Å². The number of hydrogen-bond donors (Lipinski definition) is 2. The van der Waals surface area contributed by atoms with E-state index in [4.69, 9.17) is 11.5 Å². The average molecular weight is 285 g/mol. The number of hydrogen-bond acceptors (Lipinski definition) is 2. The van der Waals surface area contributed by atoms with Gasteiger partial charge in [0.1, 0.15) is 0 Å². The fourth-order valence-corrected chi connectivity index (χ4v) is 2.35. The third-order valence-electron chi connectivity index (χ3n) is 2.94. The Bertz CT molecular complexity index is 315. The molecule has 1 aromatic rings. The SMILES string of the molecule is CCCCC(N)C(CN)c1cccc(Br)c1. The van der Waals surface area contributed by atoms with Crippen molar-refractivity contribution in [1.29, 1.82) is 0 Å². The van der Waals surface area contributed by atoms with Gasteiger partial charge in [-0.15, -0.1) is 0 Å². The smallest absolute Gasteiger partial charge is 0.0178 e. The van der Waals surface area contributed by atoms with E-state index in [0.717, 1.165) is 10.9 Å². The largest absolute Gasteiger partial charge is 0.330 e. The molecule has 1 aromatic carbocycles. The van der Waals surface area contributed by atoms with Crippen LogP contribution < -0.4 is 11.5 Å². The minimum atomic E-state index is 0.166. The van der Waals surface area contributed by atoms with E-state index in [2.05, 4.69) is 35.0 Å². The number of nitrogens with two attached hydrogens (primary N) is 2. The summed E-state index contributed by atoms with van der Waals surface area (Å²) >= 11 is 3.48. The van der Waals surface area contributed by atoms with Gasteiger partial charge in [0, 0.05) is 23.0 Å². The molecule has 0 aliphatic rings. The maximum Gasteiger partial charge on any atom is 0.0178 e. The molecular formula is C13H21BrN2. The molecule has 2 unspecified atom stereocenters. The van der Waals surface area contributed by atoms with Gasteiger partial charge >= 0.3 is 0 Å². The molecule has 2 nitrogen and oxygen atoms in total. The van der Waals surface area contributed by atoms with Crippen LogP contribution in [-0.4, -0.2) is 12.6 Å². The predicted molar refractivity (Wildman–Crippen MR) is 73.4 cm³/mol. The van der Waals surface area contributed by atoms with Crippen molar-refractivity contribution >= 4 is 15.9 Å². The zero-order valence-electron chi connectivity index (χ0n) is 9.83. The van der Waals surface area contributed by atoms with Gasteiger partial charge in [-0.2, -0.15) is 0 Å². The third kappa shape index (κ3) is 3.89. The minimum Gasteiger partial charge on any atom is -0.330 e. The Morgan fingerprint density at radius 3 is 2.69 bits per heavy atom. The van der Waals surface area contributed by atoms with Gasteiger partial charge in [0.15, 0.2) is 0 Å². The summed E-state index contributed by atoms with van der Waals surface area (Å²) in [6, 6.07) is 8.44. The molecule has 0 spiro atoms. The highest BCUT2D eigenvalue weighted by Gasteiger charge is 2.17. The van der Waals surface area contributed by atoms with Crippen LogP contribution in [0.25, 0.3) is 0 Å². The standard InChI is InChI=1S/C13H21BrN2/c1-2-3-7-13(16)12(9-15)10-5-4-6-11(14)8-10/h4-6,8,12-13H,2-3,7,9,15-16H2,1H3. The number of benzene rings is 1. The lowest BCUT2D eigenvalue weighted by atomic mass is 9.89. The van der Waals surface area contributed by atoms with E-state index in [9.17, 15) is 0 Å². The zero-order chi connectivity index (χ0) is 12.0. The molecule has 90 valence electrons. The molecule has 1 rings (SSSR count). The predicted octanol–water partition coefficient (Wildman–Crippen LogP) is 3.01. The molecule has 0 heterocycles. The lowest BCUT2D eigenvalue weighted by molar-refractivity contribution is 0.487. The highest BCUT2D eigenvalue weighted by atomic mass is 79.9. The Kier molecular flexibility index (Phi) is 6.03. The average Bonchev–Trinajstić information content (AvgIpc) is 2.27. The molecule has 0 aliphatic heterocycles. The summed E-state index contributed by atoms with van der Waals surface area (Å²) in [6.45, 7) is 2.80. The van der Waals surface area contributed by atoms with Gasteiger partial charge in [-0.3, -0.25) is 0 Å². The maximum absolute atomic E-state index is 6.20. The topological polar surface area (TPSA) is 52.0 Å². The van der Waals surface area contributed by atoms with Crippen molar-refractivity contribution in [3.05, 3.63) is 34.3 Å². The van der Waals surface area contributed by atoms with Crippen molar-refractivity contribution in [2.45, 2.75) is 38.1 Å². The fraction of sp³-hybridized carbons (Fsp3) is 0.538. The molecule has 0 saturated carbocycles. The Morgan fingerprint density at radius 2 is 2.12 bits per heavy atom. The van der Waals surface area contributed by atoms with E-state index in [1.807, 2.05) is 12.1 Å². The van der Waals surface area contributed by atoms with Gasteiger partial charge < -0.3 is 11.5 Å². The molecule has 16 heavy (non-hydrogen) atoms. The molecule has 0 aromatic heterocycles. The molecule has 0 amide bonds. The van der Waals surface area contributed by atoms with Gasteiger partial charge in [-0.05, 0) is 24.1 Å². The molecule has 0 aliphatic carbocycles. The van der Waals surface area contributed by atoms with Crippen molar-refractivity contribution in [2.24, 2.45) is 11.5 Å². The first-order chi connectivity index (χ1) is 7.69. The Balaban J connectivity index is 2.73. The first kappa shape index (κ1) is 13.7. The number of rotatable bonds is 6. The van der Waals surface area contributed by atoms with Crippen molar-refractivity contribution in [1.82, 2.24) is 0 Å². The third-order valence-corrected chi connectivity index (χ3v) is 3.43. The monoisotopic (exact) mass is 284 g/mol. The number of halogens is 1. The quantitative estimate of drug-likeness (QED) is 0.844. The fourth-order valence-electron chi connectivity index (χ4n) is 1.94. The van der Waals surface area contributed by atoms with E-state index >= 15 is 0 Å². The van der Waals surface area contributed by atoms with Gasteiger partial charge in [0.05, 0.1) is 0 Å². The van der Waals surface area contributed by atoms with Crippen LogP contribution in [0, 0.1) is 0 Å². The van der Waals surface area contributed by atoms with Crippen molar-refractivity contribution in [3.8, 4) is 0 Å². The highest BCUT2D eigenvalue weighted by Crippen LogP contribution is 2.23. The summed E-state index contributed by atoms with van der Waals surface area (Å²) in [4.78, 5) is 0. The van der Waals surface area contributed by atoms with E-state index in [-0.39, 0.29) is 12.0 Å². The van der Waals surface area contributed by atoms with E-state index in [0.29, 0.717) is 6.54 Å². The van der Waals surface area contributed by atoms with Crippen LogP contribution in [0.5, 0.6) is 0 Å². The molecule has 0 bridgehead atoms. The summed E-state index contributed by atoms with van der Waals surface area (Å²) in [5.74, 6) is 0.268. The highest BCUT2D eigenvalue weighted by molar-refractivity contribution is 9.10. The van der Waals surface area contributed by atoms with Gasteiger partial charge in [0.25, 0.3) is 0 Å². The molecular weight excluding hydrogens is 264 g/mol. The van der Waals surface area contributed by atoms with Crippen LogP contribution in [0.2, 0.25) is 0 Å². The van der Waals surface area contributed by atoms with Crippen LogP contribution in [0.1, 0.15) is 37.7 Å². The van der Waals surface area contributed by atoms with Crippen molar-refractivity contribution in [3.63, 3.8) is 0 Å². The van der Waals surface area contributed by atoms with Crippen LogP contribution in [0.4, 0.5) is 0 Å². The van der Waals surface area contributed by atoms with E-state index in [1.165, 1.54) is 18.4 Å². The molecule has 4 N–H and O–H groups in total. The Hall–Kier alpha value is -0.380. The maximum atomic E-state index is 6.20. The number of unbranched alkanes of at least 4 members (excludes halogenated alkanes) is 1. The van der Waals surface area contributed by atoms with Crippen molar-refractivity contribution in [2.75, 3.05) is 6.54 Å². The second-order valence-electron chi connectivity index (χ2n) is 4.20. The van der Waals surface area contributed by atoms with Crippen molar-refractivity contribution < 1.29 is 0 Å². The van der Waals surface area contributed by atoms with Gasteiger partial charge in [-0.25, -0.2) is 0 Å². The molecule has 0 saturated heterocycles. The molecule has 3 heteroatoms. The molecule has 0 fully saturated rings. The summed E-state index contributed by atoms with van der Waals surface area (Å²) < 4.78 is 1.09. The first-order valence-electron chi connectivity index (χ1n) is 5.90. The van der Waals surface area contributed by atoms with Gasteiger partial charge in [-0.1, -0.05) is 47.8 Å². The summed E-state index contributed by atoms with van der Waals surface area (Å²) in [6.07, 6.45) is 3.40. The van der Waals surface area contributed by atoms with E-state index in [1.54, 1.807) is 0 Å². The second-order valence-corrected chi connectivity index (χ2v) is 5.12. The van der Waals surface area contributed by atoms with Crippen LogP contribution >= 0.6 is 15.9 Å². The summed E-state index contributed by atoms with van der Waals surface area (Å²) in [5, 5.41) is 0. The Morgan fingerprint density at radius 1 is 1.38 bits per heavy atom. The van der Waals surface area contributed by atoms with Gasteiger partial charge in [0.2, 0.25) is 0 Å². The lowest BCUT2D eigenvalue weighted by Crippen LogP contribution is -2.33.